The second kappa shape index (κ2) is 8.00. The van der Waals surface area contributed by atoms with E-state index in [-0.39, 0.29) is 12.3 Å². The summed E-state index contributed by atoms with van der Waals surface area (Å²) in [7, 11) is 0. The Balaban J connectivity index is 0. The Morgan fingerprint density at radius 3 is 2.08 bits per heavy atom. The molecule has 5 heteroatoms. The van der Waals surface area contributed by atoms with Crippen molar-refractivity contribution < 1.29 is 14.7 Å². The molecule has 72 valence electrons. The molecule has 12 heavy (non-hydrogen) atoms. The van der Waals surface area contributed by atoms with Crippen molar-refractivity contribution in [2.45, 2.75) is 26.3 Å². The molecule has 0 bridgehead atoms. The quantitative estimate of drug-likeness (QED) is 0.506. The van der Waals surface area contributed by atoms with Crippen molar-refractivity contribution in [3.63, 3.8) is 0 Å². The van der Waals surface area contributed by atoms with Crippen LogP contribution in [0.25, 0.3) is 0 Å². The van der Waals surface area contributed by atoms with E-state index in [1.165, 1.54) is 0 Å². The maximum absolute atomic E-state index is 10.2. The lowest BCUT2D eigenvalue weighted by molar-refractivity contribution is -0.139. The fourth-order valence-corrected chi connectivity index (χ4v) is 0.497. The van der Waals surface area contributed by atoms with Crippen LogP contribution in [0.5, 0.6) is 0 Å². The predicted octanol–water partition coefficient (Wildman–Crippen LogP) is -0.454. The Morgan fingerprint density at radius 2 is 2.00 bits per heavy atom. The molecule has 0 aliphatic carbocycles. The third-order valence-electron chi connectivity index (χ3n) is 1.54. The van der Waals surface area contributed by atoms with Crippen LogP contribution in [-0.4, -0.2) is 23.5 Å². The molecule has 1 amide bonds. The molecule has 2 atom stereocenters. The summed E-state index contributed by atoms with van der Waals surface area (Å²) in [6, 6.07) is -0.699. The van der Waals surface area contributed by atoms with Gasteiger partial charge in [-0.3, -0.25) is 9.59 Å². The van der Waals surface area contributed by atoms with E-state index in [2.05, 4.69) is 5.73 Å². The fourth-order valence-electron chi connectivity index (χ4n) is 0.497. The van der Waals surface area contributed by atoms with E-state index in [0.717, 1.165) is 6.42 Å². The zero-order chi connectivity index (χ0) is 10.1. The third-order valence-corrected chi connectivity index (χ3v) is 1.54. The maximum atomic E-state index is 10.2. The van der Waals surface area contributed by atoms with Gasteiger partial charge in [-0.05, 0) is 5.92 Å². The molecule has 0 aromatic rings. The lowest BCUT2D eigenvalue weighted by Gasteiger charge is -2.11. The van der Waals surface area contributed by atoms with Crippen LogP contribution in [0.1, 0.15) is 20.3 Å². The first kappa shape index (κ1) is 13.5. The van der Waals surface area contributed by atoms with Crippen LogP contribution in [0.15, 0.2) is 0 Å². The molecule has 0 aromatic heterocycles. The predicted molar refractivity (Wildman–Crippen MR) is 45.3 cm³/mol. The van der Waals surface area contributed by atoms with E-state index in [0.29, 0.717) is 0 Å². The third kappa shape index (κ3) is 7.01. The van der Waals surface area contributed by atoms with E-state index >= 15 is 0 Å². The van der Waals surface area contributed by atoms with Crippen molar-refractivity contribution >= 4 is 12.4 Å². The smallest absolute Gasteiger partial charge is 0.320 e. The Labute approximate surface area is 71.7 Å². The van der Waals surface area contributed by atoms with Crippen molar-refractivity contribution in [3.05, 3.63) is 0 Å². The van der Waals surface area contributed by atoms with Gasteiger partial charge in [0.15, 0.2) is 0 Å². The Bertz CT molecular complexity index is 139. The van der Waals surface area contributed by atoms with Crippen molar-refractivity contribution in [1.82, 2.24) is 0 Å². The largest absolute Gasteiger partial charge is 0.480 e. The molecule has 0 unspecified atom stereocenters. The van der Waals surface area contributed by atoms with Crippen LogP contribution < -0.4 is 11.5 Å². The van der Waals surface area contributed by atoms with Crippen LogP contribution in [0, 0.1) is 5.92 Å². The minimum atomic E-state index is -0.913. The van der Waals surface area contributed by atoms with E-state index < -0.39 is 12.0 Å². The van der Waals surface area contributed by atoms with Crippen LogP contribution >= 0.6 is 0 Å². The molecule has 0 heterocycles. The molecule has 5 N–H and O–H groups in total. The number of rotatable bonds is 3. The number of carboxylic acid groups (broad SMARTS) is 1. The highest BCUT2D eigenvalue weighted by atomic mass is 16.4. The highest BCUT2D eigenvalue weighted by molar-refractivity contribution is 5.73. The van der Waals surface area contributed by atoms with E-state index in [4.69, 9.17) is 15.6 Å². The van der Waals surface area contributed by atoms with Gasteiger partial charge in [0.1, 0.15) is 6.04 Å². The van der Waals surface area contributed by atoms with Crippen molar-refractivity contribution in [2.24, 2.45) is 17.4 Å². The lowest BCUT2D eigenvalue weighted by atomic mass is 10.0. The minimum Gasteiger partial charge on any atom is -0.480 e. The summed E-state index contributed by atoms with van der Waals surface area (Å²) >= 11 is 0. The Morgan fingerprint density at radius 1 is 1.67 bits per heavy atom. The SMILES string of the molecule is CC[C@@H](C)[C@@H](N)C(=O)O.NC=O. The number of hydrogen-bond acceptors (Lipinski definition) is 3. The monoisotopic (exact) mass is 176 g/mol. The zero-order valence-corrected chi connectivity index (χ0v) is 7.36. The molecule has 0 spiro atoms. The van der Waals surface area contributed by atoms with E-state index in [1.54, 1.807) is 0 Å². The van der Waals surface area contributed by atoms with Gasteiger partial charge in [-0.15, -0.1) is 0 Å². The summed E-state index contributed by atoms with van der Waals surface area (Å²) in [5, 5.41) is 8.36. The van der Waals surface area contributed by atoms with Crippen LogP contribution in [0.2, 0.25) is 0 Å². The van der Waals surface area contributed by atoms with Gasteiger partial charge in [0.05, 0.1) is 0 Å². The molecule has 0 rings (SSSR count). The second-order valence-corrected chi connectivity index (χ2v) is 2.39. The Kier molecular flexibility index (Phi) is 8.99. The first-order chi connectivity index (χ1) is 5.51. The van der Waals surface area contributed by atoms with Gasteiger partial charge in [-0.1, -0.05) is 20.3 Å². The molecule has 0 aliphatic heterocycles. The number of carbonyl (C=O) groups excluding carboxylic acids is 1. The van der Waals surface area contributed by atoms with Crippen LogP contribution in [0.3, 0.4) is 0 Å². The normalized spacial score (nSPS) is 13.6. The van der Waals surface area contributed by atoms with Gasteiger partial charge in [0.2, 0.25) is 6.41 Å². The maximum Gasteiger partial charge on any atom is 0.320 e. The summed E-state index contributed by atoms with van der Waals surface area (Å²) < 4.78 is 0. The van der Waals surface area contributed by atoms with Crippen LogP contribution in [0.4, 0.5) is 0 Å². The van der Waals surface area contributed by atoms with E-state index in [9.17, 15) is 4.79 Å². The summed E-state index contributed by atoms with van der Waals surface area (Å²) in [5.41, 5.74) is 9.44. The first-order valence-corrected chi connectivity index (χ1v) is 3.64. The lowest BCUT2D eigenvalue weighted by Crippen LogP contribution is -2.36. The number of carboxylic acids is 1. The summed E-state index contributed by atoms with van der Waals surface area (Å²) in [6.07, 6.45) is 1.06. The molecule has 0 aromatic carbocycles. The zero-order valence-electron chi connectivity index (χ0n) is 7.36. The number of primary amides is 1. The van der Waals surface area contributed by atoms with Gasteiger partial charge in [-0.25, -0.2) is 0 Å². The summed E-state index contributed by atoms with van der Waals surface area (Å²) in [6.45, 7) is 3.76. The van der Waals surface area contributed by atoms with Gasteiger partial charge >= 0.3 is 5.97 Å². The van der Waals surface area contributed by atoms with Crippen molar-refractivity contribution in [1.29, 1.82) is 0 Å². The topological polar surface area (TPSA) is 106 Å². The van der Waals surface area contributed by atoms with Gasteiger partial charge in [0, 0.05) is 0 Å². The second-order valence-electron chi connectivity index (χ2n) is 2.39. The molecular formula is C7H16N2O3. The molecule has 0 radical (unpaired) electrons. The number of aliphatic carboxylic acids is 1. The van der Waals surface area contributed by atoms with Gasteiger partial charge in [0.25, 0.3) is 0 Å². The molecule has 0 aliphatic rings. The highest BCUT2D eigenvalue weighted by Crippen LogP contribution is 2.04. The van der Waals surface area contributed by atoms with Gasteiger partial charge < -0.3 is 16.6 Å². The molecule has 0 fully saturated rings. The molecule has 0 saturated heterocycles. The highest BCUT2D eigenvalue weighted by Gasteiger charge is 2.17. The summed E-state index contributed by atoms with van der Waals surface area (Å²) in [5.74, 6) is -0.841. The minimum absolute atomic E-state index is 0.0718. The number of nitrogens with two attached hydrogens (primary N) is 2. The number of carbonyl (C=O) groups is 2. The molecular weight excluding hydrogens is 160 g/mol. The number of hydrogen-bond donors (Lipinski definition) is 3. The molecule has 0 saturated carbocycles. The van der Waals surface area contributed by atoms with Gasteiger partial charge in [-0.2, -0.15) is 0 Å². The average Bonchev–Trinajstić information content (AvgIpc) is 2.03. The first-order valence-electron chi connectivity index (χ1n) is 3.64. The Hall–Kier alpha value is -1.10. The number of amides is 1. The van der Waals surface area contributed by atoms with Crippen molar-refractivity contribution in [3.8, 4) is 0 Å². The van der Waals surface area contributed by atoms with Crippen molar-refractivity contribution in [2.75, 3.05) is 0 Å². The van der Waals surface area contributed by atoms with Crippen LogP contribution in [-0.2, 0) is 9.59 Å². The molecule has 5 nitrogen and oxygen atoms in total. The fraction of sp³-hybridized carbons (Fsp3) is 0.714. The van der Waals surface area contributed by atoms with E-state index in [1.807, 2.05) is 13.8 Å². The average molecular weight is 176 g/mol. The summed E-state index contributed by atoms with van der Waals surface area (Å²) in [4.78, 5) is 18.8. The standard InChI is InChI=1S/C6H13NO2.CH3NO/c1-3-4(2)5(7)6(8)9;2-1-3/h4-5H,3,7H2,1-2H3,(H,8,9);1H,(H2,2,3)/t4-,5-;/m1./s1.